The maximum atomic E-state index is 12.5. The van der Waals surface area contributed by atoms with Gasteiger partial charge in [0, 0.05) is 18.7 Å². The van der Waals surface area contributed by atoms with Crippen LogP contribution in [-0.4, -0.2) is 23.9 Å². The summed E-state index contributed by atoms with van der Waals surface area (Å²) in [5.74, 6) is 1.84. The van der Waals surface area contributed by atoms with Crippen molar-refractivity contribution in [2.75, 3.05) is 13.1 Å². The number of hydrogen-bond donors (Lipinski definition) is 0. The van der Waals surface area contributed by atoms with Crippen LogP contribution in [0.4, 0.5) is 0 Å². The number of rotatable bonds is 4. The summed E-state index contributed by atoms with van der Waals surface area (Å²) in [6.07, 6.45) is 6.15. The van der Waals surface area contributed by atoms with Crippen molar-refractivity contribution in [1.82, 2.24) is 4.90 Å². The number of likely N-dealkylation sites (tertiary alicyclic amines) is 1. The van der Waals surface area contributed by atoms with E-state index in [0.29, 0.717) is 0 Å². The van der Waals surface area contributed by atoms with Crippen molar-refractivity contribution in [2.45, 2.75) is 46.0 Å². The predicted octanol–water partition coefficient (Wildman–Crippen LogP) is 4.37. The maximum absolute atomic E-state index is 12.5. The van der Waals surface area contributed by atoms with Gasteiger partial charge in [0.15, 0.2) is 0 Å². The molecule has 0 aromatic heterocycles. The average Bonchev–Trinajstić information content (AvgIpc) is 2.75. The molecule has 1 aromatic carbocycles. The highest BCUT2D eigenvalue weighted by atomic mass is 16.2. The molecule has 1 saturated heterocycles. The highest BCUT2D eigenvalue weighted by Crippen LogP contribution is 2.29. The first-order valence-electron chi connectivity index (χ1n) is 8.10. The van der Waals surface area contributed by atoms with Crippen LogP contribution in [0.15, 0.2) is 30.3 Å². The summed E-state index contributed by atoms with van der Waals surface area (Å²) < 4.78 is 0. The van der Waals surface area contributed by atoms with Crippen LogP contribution in [0.5, 0.6) is 0 Å². The van der Waals surface area contributed by atoms with Gasteiger partial charge >= 0.3 is 0 Å². The average molecular weight is 273 g/mol. The van der Waals surface area contributed by atoms with Gasteiger partial charge in [0.2, 0.25) is 0 Å². The summed E-state index contributed by atoms with van der Waals surface area (Å²) in [7, 11) is 0. The van der Waals surface area contributed by atoms with Gasteiger partial charge in [0.05, 0.1) is 0 Å². The fourth-order valence-corrected chi connectivity index (χ4v) is 3.52. The Morgan fingerprint density at radius 1 is 1.15 bits per heavy atom. The lowest BCUT2D eigenvalue weighted by Gasteiger charge is -2.24. The summed E-state index contributed by atoms with van der Waals surface area (Å²) in [5.41, 5.74) is 0.827. The van der Waals surface area contributed by atoms with Crippen LogP contribution in [0.1, 0.15) is 56.3 Å². The molecule has 1 amide bonds. The summed E-state index contributed by atoms with van der Waals surface area (Å²) >= 11 is 0. The van der Waals surface area contributed by atoms with Crippen LogP contribution in [0.25, 0.3) is 0 Å². The number of benzene rings is 1. The van der Waals surface area contributed by atoms with E-state index in [1.165, 1.54) is 25.7 Å². The van der Waals surface area contributed by atoms with Crippen LogP contribution >= 0.6 is 0 Å². The SMILES string of the molecule is CCC(CC)C1CCCN(C(=O)c2ccccc2)CC1. The zero-order valence-electron chi connectivity index (χ0n) is 12.8. The van der Waals surface area contributed by atoms with Gasteiger partial charge in [-0.2, -0.15) is 0 Å². The molecular weight excluding hydrogens is 246 g/mol. The Kier molecular flexibility index (Phi) is 5.63. The third-order valence-electron chi connectivity index (χ3n) is 4.80. The molecule has 1 aliphatic heterocycles. The lowest BCUT2D eigenvalue weighted by molar-refractivity contribution is 0.0758. The van der Waals surface area contributed by atoms with Crippen molar-refractivity contribution < 1.29 is 4.79 Å². The Morgan fingerprint density at radius 2 is 1.85 bits per heavy atom. The standard InChI is InChI=1S/C18H27NO/c1-3-15(4-2)16-11-8-13-19(14-12-16)18(20)17-9-6-5-7-10-17/h5-7,9-10,15-16H,3-4,8,11-14H2,1-2H3. The largest absolute Gasteiger partial charge is 0.339 e. The first kappa shape index (κ1) is 15.1. The molecule has 110 valence electrons. The summed E-state index contributed by atoms with van der Waals surface area (Å²) in [6.45, 7) is 6.44. The molecule has 0 aliphatic carbocycles. The first-order valence-corrected chi connectivity index (χ1v) is 8.10. The molecular formula is C18H27NO. The van der Waals surface area contributed by atoms with Gasteiger partial charge in [-0.3, -0.25) is 4.79 Å². The van der Waals surface area contributed by atoms with Crippen LogP contribution in [0.2, 0.25) is 0 Å². The minimum absolute atomic E-state index is 0.204. The highest BCUT2D eigenvalue weighted by molar-refractivity contribution is 5.94. The number of hydrogen-bond acceptors (Lipinski definition) is 1. The molecule has 20 heavy (non-hydrogen) atoms. The Hall–Kier alpha value is -1.31. The third-order valence-corrected chi connectivity index (χ3v) is 4.80. The second-order valence-electron chi connectivity index (χ2n) is 5.93. The Balaban J connectivity index is 1.97. The molecule has 0 N–H and O–H groups in total. The summed E-state index contributed by atoms with van der Waals surface area (Å²) in [6, 6.07) is 9.69. The van der Waals surface area contributed by atoms with E-state index in [9.17, 15) is 4.79 Å². The smallest absolute Gasteiger partial charge is 0.253 e. The second kappa shape index (κ2) is 7.47. The van der Waals surface area contributed by atoms with Gasteiger partial charge < -0.3 is 4.90 Å². The van der Waals surface area contributed by atoms with Crippen molar-refractivity contribution in [2.24, 2.45) is 11.8 Å². The topological polar surface area (TPSA) is 20.3 Å². The molecule has 2 heteroatoms. The zero-order valence-corrected chi connectivity index (χ0v) is 12.8. The van der Waals surface area contributed by atoms with Crippen LogP contribution < -0.4 is 0 Å². The number of nitrogens with zero attached hydrogens (tertiary/aromatic N) is 1. The van der Waals surface area contributed by atoms with Gasteiger partial charge in [-0.15, -0.1) is 0 Å². The quantitative estimate of drug-likeness (QED) is 0.798. The molecule has 0 saturated carbocycles. The van der Waals surface area contributed by atoms with E-state index >= 15 is 0 Å². The second-order valence-corrected chi connectivity index (χ2v) is 5.93. The summed E-state index contributed by atoms with van der Waals surface area (Å²) in [4.78, 5) is 14.5. The van der Waals surface area contributed by atoms with Crippen molar-refractivity contribution >= 4 is 5.91 Å². The zero-order chi connectivity index (χ0) is 14.4. The highest BCUT2D eigenvalue weighted by Gasteiger charge is 2.25. The first-order chi connectivity index (χ1) is 9.76. The van der Waals surface area contributed by atoms with Gasteiger partial charge in [-0.1, -0.05) is 44.9 Å². The van der Waals surface area contributed by atoms with E-state index in [-0.39, 0.29) is 5.91 Å². The van der Waals surface area contributed by atoms with Crippen LogP contribution in [0.3, 0.4) is 0 Å². The lowest BCUT2D eigenvalue weighted by atomic mass is 9.83. The Labute approximate surface area is 123 Å². The molecule has 2 nitrogen and oxygen atoms in total. The Bertz CT molecular complexity index is 411. The molecule has 1 fully saturated rings. The monoisotopic (exact) mass is 273 g/mol. The van der Waals surface area contributed by atoms with Gasteiger partial charge in [0.1, 0.15) is 0 Å². The number of carbonyl (C=O) groups excluding carboxylic acids is 1. The maximum Gasteiger partial charge on any atom is 0.253 e. The molecule has 0 bridgehead atoms. The van der Waals surface area contributed by atoms with E-state index in [4.69, 9.17) is 0 Å². The molecule has 1 heterocycles. The molecule has 0 spiro atoms. The normalized spacial score (nSPS) is 19.9. The van der Waals surface area contributed by atoms with Crippen molar-refractivity contribution in [1.29, 1.82) is 0 Å². The Morgan fingerprint density at radius 3 is 2.50 bits per heavy atom. The number of amides is 1. The van der Waals surface area contributed by atoms with Crippen molar-refractivity contribution in [3.05, 3.63) is 35.9 Å². The van der Waals surface area contributed by atoms with Crippen molar-refractivity contribution in [3.8, 4) is 0 Å². The molecule has 1 aliphatic rings. The van der Waals surface area contributed by atoms with Crippen LogP contribution in [-0.2, 0) is 0 Å². The van der Waals surface area contributed by atoms with Gasteiger partial charge in [0.25, 0.3) is 5.91 Å². The predicted molar refractivity (Wildman–Crippen MR) is 83.8 cm³/mol. The summed E-state index contributed by atoms with van der Waals surface area (Å²) in [5, 5.41) is 0. The van der Waals surface area contributed by atoms with E-state index in [2.05, 4.69) is 18.7 Å². The molecule has 0 radical (unpaired) electrons. The molecule has 1 atom stereocenters. The van der Waals surface area contributed by atoms with E-state index in [1.54, 1.807) is 0 Å². The van der Waals surface area contributed by atoms with E-state index in [0.717, 1.165) is 36.9 Å². The fraction of sp³-hybridized carbons (Fsp3) is 0.611. The third kappa shape index (κ3) is 3.62. The lowest BCUT2D eigenvalue weighted by Crippen LogP contribution is -2.32. The van der Waals surface area contributed by atoms with Gasteiger partial charge in [-0.25, -0.2) is 0 Å². The fourth-order valence-electron chi connectivity index (χ4n) is 3.52. The van der Waals surface area contributed by atoms with E-state index in [1.807, 2.05) is 30.3 Å². The molecule has 1 unspecified atom stereocenters. The molecule has 1 aromatic rings. The van der Waals surface area contributed by atoms with Gasteiger partial charge in [-0.05, 0) is 43.2 Å². The van der Waals surface area contributed by atoms with E-state index < -0.39 is 0 Å². The minimum Gasteiger partial charge on any atom is -0.339 e. The van der Waals surface area contributed by atoms with Crippen LogP contribution in [0, 0.1) is 11.8 Å². The number of carbonyl (C=O) groups is 1. The molecule has 2 rings (SSSR count). The van der Waals surface area contributed by atoms with Crippen molar-refractivity contribution in [3.63, 3.8) is 0 Å². The minimum atomic E-state index is 0.204.